The van der Waals surface area contributed by atoms with E-state index >= 15 is 0 Å². The van der Waals surface area contributed by atoms with Crippen molar-refractivity contribution in [1.29, 1.82) is 0 Å². The minimum absolute atomic E-state index is 0.0765. The number of methoxy groups -OCH3 is 2. The third-order valence-corrected chi connectivity index (χ3v) is 3.79. The molecule has 0 unspecified atom stereocenters. The van der Waals surface area contributed by atoms with Crippen molar-refractivity contribution in [1.82, 2.24) is 0 Å². The molecule has 2 aromatic carbocycles. The summed E-state index contributed by atoms with van der Waals surface area (Å²) in [5.74, 6) is -0.408. The first kappa shape index (κ1) is 16.6. The summed E-state index contributed by atoms with van der Waals surface area (Å²) in [6.07, 6.45) is 0. The van der Waals surface area contributed by atoms with E-state index in [9.17, 15) is 9.18 Å². The number of hydrogen-bond donors (Lipinski definition) is 2. The number of rotatable bonds is 6. The average Bonchev–Trinajstić information content (AvgIpc) is 2.98. The standard InChI is InChI=1S/C18H17FN2O4/c1-23-12-5-3-10(4-6-12)9-21-15-13-7-11(19)8-14(24-2)16(13)25-17(15)18(20)22/h3-8,21H,9H2,1-2H3,(H2,20,22). The van der Waals surface area contributed by atoms with Gasteiger partial charge in [0.25, 0.3) is 5.91 Å². The van der Waals surface area contributed by atoms with Crippen LogP contribution in [0.3, 0.4) is 0 Å². The van der Waals surface area contributed by atoms with Crippen molar-refractivity contribution in [3.63, 3.8) is 0 Å². The zero-order valence-corrected chi connectivity index (χ0v) is 13.8. The first-order chi connectivity index (χ1) is 12.0. The van der Waals surface area contributed by atoms with E-state index in [0.717, 1.165) is 11.3 Å². The maximum atomic E-state index is 13.8. The minimum atomic E-state index is -0.754. The van der Waals surface area contributed by atoms with Crippen molar-refractivity contribution < 1.29 is 23.1 Å². The molecule has 0 saturated carbocycles. The molecular formula is C18H17FN2O4. The number of hydrogen-bond acceptors (Lipinski definition) is 5. The quantitative estimate of drug-likeness (QED) is 0.716. The fourth-order valence-electron chi connectivity index (χ4n) is 2.57. The van der Waals surface area contributed by atoms with E-state index < -0.39 is 11.7 Å². The molecule has 3 N–H and O–H groups in total. The van der Waals surface area contributed by atoms with E-state index in [1.165, 1.54) is 19.2 Å². The third kappa shape index (κ3) is 3.21. The molecular weight excluding hydrogens is 327 g/mol. The molecule has 1 aromatic heterocycles. The van der Waals surface area contributed by atoms with Crippen molar-refractivity contribution in [3.05, 3.63) is 53.5 Å². The van der Waals surface area contributed by atoms with Gasteiger partial charge in [-0.25, -0.2) is 4.39 Å². The second-order valence-corrected chi connectivity index (χ2v) is 5.36. The van der Waals surface area contributed by atoms with Gasteiger partial charge in [-0.05, 0) is 23.8 Å². The van der Waals surface area contributed by atoms with Crippen LogP contribution in [0, 0.1) is 5.82 Å². The highest BCUT2D eigenvalue weighted by atomic mass is 19.1. The SMILES string of the molecule is COc1ccc(CNc2c(C(N)=O)oc3c(OC)cc(F)cc23)cc1. The summed E-state index contributed by atoms with van der Waals surface area (Å²) in [5.41, 5.74) is 6.92. The lowest BCUT2D eigenvalue weighted by molar-refractivity contribution is 0.0977. The molecule has 0 fully saturated rings. The Balaban J connectivity index is 1.99. The summed E-state index contributed by atoms with van der Waals surface area (Å²) in [5, 5.41) is 3.48. The maximum absolute atomic E-state index is 13.8. The van der Waals surface area contributed by atoms with Gasteiger partial charge in [0.1, 0.15) is 11.6 Å². The Morgan fingerprint density at radius 1 is 1.20 bits per heavy atom. The molecule has 6 nitrogen and oxygen atoms in total. The lowest BCUT2D eigenvalue weighted by Gasteiger charge is -2.07. The highest BCUT2D eigenvalue weighted by Gasteiger charge is 2.22. The van der Waals surface area contributed by atoms with Crippen LogP contribution in [0.15, 0.2) is 40.8 Å². The zero-order valence-electron chi connectivity index (χ0n) is 13.8. The Morgan fingerprint density at radius 2 is 1.92 bits per heavy atom. The second-order valence-electron chi connectivity index (χ2n) is 5.36. The number of anilines is 1. The van der Waals surface area contributed by atoms with Crippen molar-refractivity contribution in [2.75, 3.05) is 19.5 Å². The summed E-state index contributed by atoms with van der Waals surface area (Å²) in [6, 6.07) is 9.84. The predicted molar refractivity (Wildman–Crippen MR) is 91.6 cm³/mol. The summed E-state index contributed by atoms with van der Waals surface area (Å²) in [4.78, 5) is 11.7. The molecule has 0 aliphatic rings. The molecule has 3 rings (SSSR count). The highest BCUT2D eigenvalue weighted by Crippen LogP contribution is 2.37. The fraction of sp³-hybridized carbons (Fsp3) is 0.167. The van der Waals surface area contributed by atoms with Gasteiger partial charge in [0.15, 0.2) is 11.3 Å². The topological polar surface area (TPSA) is 86.7 Å². The Hall–Kier alpha value is -3.22. The van der Waals surface area contributed by atoms with Crippen LogP contribution in [0.2, 0.25) is 0 Å². The van der Waals surface area contributed by atoms with Gasteiger partial charge >= 0.3 is 0 Å². The summed E-state index contributed by atoms with van der Waals surface area (Å²) < 4.78 is 29.6. The number of ether oxygens (including phenoxy) is 2. The van der Waals surface area contributed by atoms with Crippen molar-refractivity contribution in [2.24, 2.45) is 5.73 Å². The van der Waals surface area contributed by atoms with Crippen LogP contribution < -0.4 is 20.5 Å². The Labute approximate surface area is 143 Å². The van der Waals surface area contributed by atoms with Crippen LogP contribution in [0.25, 0.3) is 11.0 Å². The van der Waals surface area contributed by atoms with Crippen LogP contribution in [0.5, 0.6) is 11.5 Å². The average molecular weight is 344 g/mol. The second kappa shape index (κ2) is 6.72. The molecule has 1 amide bonds. The Kier molecular flexibility index (Phi) is 4.47. The number of halogens is 1. The van der Waals surface area contributed by atoms with Crippen molar-refractivity contribution in [2.45, 2.75) is 6.54 Å². The molecule has 130 valence electrons. The number of primary amides is 1. The molecule has 7 heteroatoms. The largest absolute Gasteiger partial charge is 0.497 e. The molecule has 0 bridgehead atoms. The number of amides is 1. The van der Waals surface area contributed by atoms with Crippen molar-refractivity contribution in [3.8, 4) is 11.5 Å². The Bertz CT molecular complexity index is 919. The minimum Gasteiger partial charge on any atom is -0.497 e. The lowest BCUT2D eigenvalue weighted by atomic mass is 10.1. The first-order valence-corrected chi connectivity index (χ1v) is 7.50. The molecule has 25 heavy (non-hydrogen) atoms. The van der Waals surface area contributed by atoms with Crippen LogP contribution in [0.1, 0.15) is 16.1 Å². The van der Waals surface area contributed by atoms with Crippen LogP contribution in [0.4, 0.5) is 10.1 Å². The smallest absolute Gasteiger partial charge is 0.286 e. The van der Waals surface area contributed by atoms with Crippen molar-refractivity contribution >= 4 is 22.6 Å². The number of furan rings is 1. The lowest BCUT2D eigenvalue weighted by Crippen LogP contribution is -2.12. The number of carbonyl (C=O) groups excluding carboxylic acids is 1. The van der Waals surface area contributed by atoms with Gasteiger partial charge in [-0.15, -0.1) is 0 Å². The number of carbonyl (C=O) groups is 1. The van der Waals surface area contributed by atoms with Gasteiger partial charge in [0, 0.05) is 12.6 Å². The molecule has 0 aliphatic carbocycles. The predicted octanol–water partition coefficient (Wildman–Crippen LogP) is 3.30. The Morgan fingerprint density at radius 3 is 2.52 bits per heavy atom. The van der Waals surface area contributed by atoms with Gasteiger partial charge in [0.05, 0.1) is 25.3 Å². The van der Waals surface area contributed by atoms with E-state index in [0.29, 0.717) is 17.6 Å². The third-order valence-electron chi connectivity index (χ3n) is 3.79. The van der Waals surface area contributed by atoms with Crippen LogP contribution in [-0.4, -0.2) is 20.1 Å². The zero-order chi connectivity index (χ0) is 18.0. The van der Waals surface area contributed by atoms with E-state index in [4.69, 9.17) is 19.6 Å². The number of benzene rings is 2. The van der Waals surface area contributed by atoms with Gasteiger partial charge < -0.3 is 24.9 Å². The van der Waals surface area contributed by atoms with E-state index in [2.05, 4.69) is 5.32 Å². The van der Waals surface area contributed by atoms with Gasteiger partial charge in [-0.2, -0.15) is 0 Å². The van der Waals surface area contributed by atoms with Crippen LogP contribution in [-0.2, 0) is 6.54 Å². The molecule has 0 aliphatic heterocycles. The number of fused-ring (bicyclic) bond motifs is 1. The maximum Gasteiger partial charge on any atom is 0.286 e. The molecule has 0 spiro atoms. The first-order valence-electron chi connectivity index (χ1n) is 7.50. The summed E-state index contributed by atoms with van der Waals surface area (Å²) in [6.45, 7) is 0.387. The van der Waals surface area contributed by atoms with Gasteiger partial charge in [-0.3, -0.25) is 4.79 Å². The molecule has 0 radical (unpaired) electrons. The van der Waals surface area contributed by atoms with Gasteiger partial charge in [-0.1, -0.05) is 12.1 Å². The number of nitrogens with one attached hydrogen (secondary N) is 1. The normalized spacial score (nSPS) is 10.7. The van der Waals surface area contributed by atoms with Crippen LogP contribution >= 0.6 is 0 Å². The molecule has 3 aromatic rings. The van der Waals surface area contributed by atoms with E-state index in [1.54, 1.807) is 7.11 Å². The van der Waals surface area contributed by atoms with Gasteiger partial charge in [0.2, 0.25) is 5.76 Å². The van der Waals surface area contributed by atoms with E-state index in [-0.39, 0.29) is 17.1 Å². The summed E-state index contributed by atoms with van der Waals surface area (Å²) >= 11 is 0. The van der Waals surface area contributed by atoms with E-state index in [1.807, 2.05) is 24.3 Å². The molecule has 0 atom stereocenters. The fourth-order valence-corrected chi connectivity index (χ4v) is 2.57. The molecule has 1 heterocycles. The highest BCUT2D eigenvalue weighted by molar-refractivity contribution is 6.07. The summed E-state index contributed by atoms with van der Waals surface area (Å²) in [7, 11) is 2.98. The monoisotopic (exact) mass is 344 g/mol. The number of nitrogens with two attached hydrogens (primary N) is 1. The molecule has 0 saturated heterocycles.